The summed E-state index contributed by atoms with van der Waals surface area (Å²) in [5.74, 6) is 0.0406. The molecule has 1 unspecified atom stereocenters. The van der Waals surface area contributed by atoms with Gasteiger partial charge in [-0.2, -0.15) is 13.2 Å². The maximum Gasteiger partial charge on any atom is 0.416 e. The van der Waals surface area contributed by atoms with Crippen molar-refractivity contribution in [2.75, 3.05) is 13.1 Å². The summed E-state index contributed by atoms with van der Waals surface area (Å²) >= 11 is 0. The van der Waals surface area contributed by atoms with Gasteiger partial charge in [-0.05, 0) is 42.5 Å². The van der Waals surface area contributed by atoms with Gasteiger partial charge >= 0.3 is 6.18 Å². The molecule has 1 aliphatic rings. The number of aromatic nitrogens is 2. The van der Waals surface area contributed by atoms with Gasteiger partial charge in [-0.3, -0.25) is 4.79 Å². The topological polar surface area (TPSA) is 37.6 Å². The van der Waals surface area contributed by atoms with E-state index < -0.39 is 17.7 Å². The molecule has 1 atom stereocenters. The highest BCUT2D eigenvalue weighted by Gasteiger charge is 2.32. The number of piperidine rings is 1. The van der Waals surface area contributed by atoms with Crippen molar-refractivity contribution in [3.63, 3.8) is 0 Å². The molecular weight excluding hydrogens is 391 g/mol. The van der Waals surface area contributed by atoms with E-state index in [1.165, 1.54) is 6.07 Å². The van der Waals surface area contributed by atoms with Crippen molar-refractivity contribution in [2.45, 2.75) is 38.3 Å². The van der Waals surface area contributed by atoms with Gasteiger partial charge in [0.2, 0.25) is 5.91 Å². The number of carbonyl (C=O) groups is 1. The van der Waals surface area contributed by atoms with Crippen LogP contribution in [-0.2, 0) is 11.0 Å². The molecule has 2 aromatic heterocycles. The molecule has 4 rings (SSSR count). The number of fused-ring (bicyclic) bond motifs is 1. The molecule has 0 saturated carbocycles. The average molecular weight is 415 g/mol. The van der Waals surface area contributed by atoms with E-state index >= 15 is 0 Å². The first kappa shape index (κ1) is 20.4. The van der Waals surface area contributed by atoms with Crippen molar-refractivity contribution in [2.24, 2.45) is 5.92 Å². The quantitative estimate of drug-likeness (QED) is 0.592. The Labute approximate surface area is 173 Å². The van der Waals surface area contributed by atoms with Gasteiger partial charge in [0, 0.05) is 37.8 Å². The van der Waals surface area contributed by atoms with Gasteiger partial charge in [0.25, 0.3) is 0 Å². The Kier molecular flexibility index (Phi) is 5.54. The first-order chi connectivity index (χ1) is 14.3. The smallest absolute Gasteiger partial charge is 0.343 e. The number of likely N-dealkylation sites (tertiary alicyclic amines) is 1. The zero-order chi connectivity index (χ0) is 21.3. The molecule has 1 aromatic carbocycles. The lowest BCUT2D eigenvalue weighted by Gasteiger charge is -2.31. The highest BCUT2D eigenvalue weighted by molar-refractivity contribution is 5.78. The van der Waals surface area contributed by atoms with E-state index in [1.807, 2.05) is 33.7 Å². The minimum Gasteiger partial charge on any atom is -0.343 e. The molecule has 3 heterocycles. The molecule has 0 N–H and O–H groups in total. The number of hydrogen-bond donors (Lipinski definition) is 0. The summed E-state index contributed by atoms with van der Waals surface area (Å²) in [6.07, 6.45) is 1.06. The highest BCUT2D eigenvalue weighted by atomic mass is 19.4. The van der Waals surface area contributed by atoms with E-state index in [2.05, 4.69) is 11.9 Å². The fraction of sp³-hybridized carbons (Fsp3) is 0.391. The molecule has 1 aliphatic heterocycles. The van der Waals surface area contributed by atoms with E-state index in [1.54, 1.807) is 12.3 Å². The van der Waals surface area contributed by atoms with Gasteiger partial charge in [-0.15, -0.1) is 0 Å². The van der Waals surface area contributed by atoms with Crippen molar-refractivity contribution in [3.8, 4) is 0 Å². The predicted octanol–water partition coefficient (Wildman–Crippen LogP) is 5.13. The second kappa shape index (κ2) is 8.13. The summed E-state index contributed by atoms with van der Waals surface area (Å²) in [4.78, 5) is 19.3. The van der Waals surface area contributed by atoms with Crippen LogP contribution in [0.3, 0.4) is 0 Å². The van der Waals surface area contributed by atoms with Crippen molar-refractivity contribution in [1.29, 1.82) is 0 Å². The number of nitrogens with zero attached hydrogens (tertiary/aromatic N) is 3. The summed E-state index contributed by atoms with van der Waals surface area (Å²) in [6, 6.07) is 10.8. The summed E-state index contributed by atoms with van der Waals surface area (Å²) < 4.78 is 41.8. The molecule has 0 spiro atoms. The Morgan fingerprint density at radius 3 is 2.67 bits per heavy atom. The Balaban J connectivity index is 1.71. The zero-order valence-corrected chi connectivity index (χ0v) is 16.8. The molecule has 158 valence electrons. The van der Waals surface area contributed by atoms with Crippen molar-refractivity contribution < 1.29 is 18.0 Å². The van der Waals surface area contributed by atoms with Crippen molar-refractivity contribution in [3.05, 3.63) is 71.7 Å². The maximum absolute atomic E-state index is 13.3. The molecule has 0 bridgehead atoms. The van der Waals surface area contributed by atoms with Gasteiger partial charge in [-0.25, -0.2) is 4.98 Å². The zero-order valence-electron chi connectivity index (χ0n) is 16.8. The second-order valence-corrected chi connectivity index (χ2v) is 8.06. The standard InChI is InChI=1S/C23H24F3N3O/c1-16-8-11-28(12-9-16)22(30)14-19(17-5-4-6-18(13-17)23(24,25)26)20-15-27-21-7-2-3-10-29(20)21/h2-7,10,13,15-16,19H,8-9,11-12,14H2,1H3. The van der Waals surface area contributed by atoms with Crippen LogP contribution in [0.4, 0.5) is 13.2 Å². The SMILES string of the molecule is CC1CCN(C(=O)CC(c2cccc(C(F)(F)F)c2)c2cnc3ccccn23)CC1. The van der Waals surface area contributed by atoms with Gasteiger partial charge in [0.15, 0.2) is 0 Å². The number of pyridine rings is 1. The largest absolute Gasteiger partial charge is 0.416 e. The van der Waals surface area contributed by atoms with Gasteiger partial charge in [0.1, 0.15) is 5.65 Å². The molecule has 1 fully saturated rings. The number of carbonyl (C=O) groups excluding carboxylic acids is 1. The highest BCUT2D eigenvalue weighted by Crippen LogP contribution is 2.35. The van der Waals surface area contributed by atoms with Crippen molar-refractivity contribution in [1.82, 2.24) is 14.3 Å². The fourth-order valence-corrected chi connectivity index (χ4v) is 4.10. The average Bonchev–Trinajstić information content (AvgIpc) is 3.16. The normalized spacial score (nSPS) is 16.7. The summed E-state index contributed by atoms with van der Waals surface area (Å²) in [6.45, 7) is 3.57. The van der Waals surface area contributed by atoms with Gasteiger partial charge in [-0.1, -0.05) is 31.2 Å². The van der Waals surface area contributed by atoms with Crippen LogP contribution in [0.5, 0.6) is 0 Å². The Bertz CT molecular complexity index is 1040. The molecule has 30 heavy (non-hydrogen) atoms. The summed E-state index contributed by atoms with van der Waals surface area (Å²) in [5, 5.41) is 0. The lowest BCUT2D eigenvalue weighted by atomic mass is 9.90. The number of rotatable bonds is 4. The van der Waals surface area contributed by atoms with Gasteiger partial charge < -0.3 is 9.30 Å². The molecular formula is C23H24F3N3O. The molecule has 0 aliphatic carbocycles. The molecule has 4 nitrogen and oxygen atoms in total. The van der Waals surface area contributed by atoms with E-state index in [0.29, 0.717) is 35.9 Å². The van der Waals surface area contributed by atoms with E-state index in [4.69, 9.17) is 0 Å². The first-order valence-electron chi connectivity index (χ1n) is 10.2. The van der Waals surface area contributed by atoms with Crippen LogP contribution in [0.15, 0.2) is 54.9 Å². The number of benzene rings is 1. The van der Waals surface area contributed by atoms with Crippen LogP contribution in [0.2, 0.25) is 0 Å². The first-order valence-corrected chi connectivity index (χ1v) is 10.2. The van der Waals surface area contributed by atoms with Crippen LogP contribution >= 0.6 is 0 Å². The van der Waals surface area contributed by atoms with Gasteiger partial charge in [0.05, 0.1) is 11.3 Å². The third-order valence-corrected chi connectivity index (χ3v) is 5.93. The summed E-state index contributed by atoms with van der Waals surface area (Å²) in [7, 11) is 0. The van der Waals surface area contributed by atoms with Crippen LogP contribution in [0.1, 0.15) is 48.9 Å². The molecule has 1 amide bonds. The molecule has 7 heteroatoms. The number of halogens is 3. The number of hydrogen-bond acceptors (Lipinski definition) is 2. The predicted molar refractivity (Wildman–Crippen MR) is 108 cm³/mol. The second-order valence-electron chi connectivity index (χ2n) is 8.06. The molecule has 3 aromatic rings. The lowest BCUT2D eigenvalue weighted by molar-refractivity contribution is -0.137. The Morgan fingerprint density at radius 1 is 1.17 bits per heavy atom. The molecule has 1 saturated heterocycles. The third-order valence-electron chi connectivity index (χ3n) is 5.93. The third kappa shape index (κ3) is 4.20. The number of alkyl halides is 3. The van der Waals surface area contributed by atoms with Crippen LogP contribution in [-0.4, -0.2) is 33.3 Å². The summed E-state index contributed by atoms with van der Waals surface area (Å²) in [5.41, 5.74) is 1.17. The number of imidazole rings is 1. The van der Waals surface area contributed by atoms with Crippen LogP contribution in [0.25, 0.3) is 5.65 Å². The number of amides is 1. The molecule has 0 radical (unpaired) electrons. The minimum absolute atomic E-state index is 0.0322. The Morgan fingerprint density at radius 2 is 1.93 bits per heavy atom. The lowest BCUT2D eigenvalue weighted by Crippen LogP contribution is -2.38. The van der Waals surface area contributed by atoms with E-state index in [9.17, 15) is 18.0 Å². The van der Waals surface area contributed by atoms with E-state index in [0.717, 1.165) is 25.0 Å². The van der Waals surface area contributed by atoms with Crippen LogP contribution in [0, 0.1) is 5.92 Å². The minimum atomic E-state index is -4.44. The van der Waals surface area contributed by atoms with E-state index in [-0.39, 0.29) is 12.3 Å². The Hall–Kier alpha value is -2.83. The monoisotopic (exact) mass is 415 g/mol. The van der Waals surface area contributed by atoms with Crippen LogP contribution < -0.4 is 0 Å². The fourth-order valence-electron chi connectivity index (χ4n) is 4.10. The maximum atomic E-state index is 13.3. The van der Waals surface area contributed by atoms with Crippen molar-refractivity contribution >= 4 is 11.6 Å².